The molecule has 92 valence electrons. The molecule has 0 unspecified atom stereocenters. The van der Waals surface area contributed by atoms with E-state index in [-0.39, 0.29) is 0 Å². The first kappa shape index (κ1) is 15.0. The third-order valence-corrected chi connectivity index (χ3v) is 3.86. The molecule has 0 aliphatic heterocycles. The normalized spacial score (nSPS) is 9.94. The maximum atomic E-state index is 6.09. The van der Waals surface area contributed by atoms with Gasteiger partial charge < -0.3 is 0 Å². The van der Waals surface area contributed by atoms with Crippen LogP contribution < -0.4 is 0 Å². The smallest absolute Gasteiger partial charge is 0.0640 e. The van der Waals surface area contributed by atoms with Crippen molar-refractivity contribution in [2.75, 3.05) is 0 Å². The van der Waals surface area contributed by atoms with Gasteiger partial charge >= 0.3 is 0 Å². The molecule has 0 spiro atoms. The van der Waals surface area contributed by atoms with Gasteiger partial charge in [-0.15, -0.1) is 11.8 Å². The standard InChI is InChI=1S/C13H12Cl4/c1-2-3-4-5-6-7-9-12(16)10(14)8-11(15)13(9)17/h8H,2-3,6-7H2,1H3. The predicted octanol–water partition coefficient (Wildman–Crippen LogP) is 6.04. The van der Waals surface area contributed by atoms with Crippen LogP contribution in [0.4, 0.5) is 0 Å². The first-order chi connectivity index (χ1) is 8.07. The second-order valence-corrected chi connectivity index (χ2v) is 5.12. The SMILES string of the molecule is CCCC#CCCc1c(Cl)c(Cl)cc(Cl)c1Cl. The number of unbranched alkanes of at least 4 members (excludes halogenated alkanes) is 1. The van der Waals surface area contributed by atoms with Gasteiger partial charge in [0.05, 0.1) is 20.1 Å². The average Bonchev–Trinajstić information content (AvgIpc) is 2.30. The van der Waals surface area contributed by atoms with Crippen molar-refractivity contribution in [3.63, 3.8) is 0 Å². The largest absolute Gasteiger partial charge is 0.103 e. The highest BCUT2D eigenvalue weighted by molar-refractivity contribution is 6.48. The number of halogens is 4. The van der Waals surface area contributed by atoms with Gasteiger partial charge in [-0.05, 0) is 24.5 Å². The summed E-state index contributed by atoms with van der Waals surface area (Å²) < 4.78 is 0. The Hall–Kier alpha value is -0.0600. The van der Waals surface area contributed by atoms with Gasteiger partial charge in [0.1, 0.15) is 0 Å². The van der Waals surface area contributed by atoms with Crippen LogP contribution in [0.25, 0.3) is 0 Å². The van der Waals surface area contributed by atoms with E-state index < -0.39 is 0 Å². The molecule has 4 heteroatoms. The molecule has 17 heavy (non-hydrogen) atoms. The molecule has 0 bridgehead atoms. The Morgan fingerprint density at radius 3 is 2.00 bits per heavy atom. The summed E-state index contributed by atoms with van der Waals surface area (Å²) in [5, 5.41) is 1.80. The lowest BCUT2D eigenvalue weighted by Gasteiger charge is -2.08. The first-order valence-corrected chi connectivity index (χ1v) is 6.86. The summed E-state index contributed by atoms with van der Waals surface area (Å²) >= 11 is 24.1. The topological polar surface area (TPSA) is 0 Å². The molecule has 0 atom stereocenters. The van der Waals surface area contributed by atoms with Crippen molar-refractivity contribution in [2.45, 2.75) is 32.6 Å². The van der Waals surface area contributed by atoms with E-state index >= 15 is 0 Å². The van der Waals surface area contributed by atoms with E-state index in [2.05, 4.69) is 18.8 Å². The van der Waals surface area contributed by atoms with Gasteiger partial charge in [0, 0.05) is 12.8 Å². The molecule has 0 aliphatic carbocycles. The van der Waals surface area contributed by atoms with Crippen LogP contribution in [0.1, 0.15) is 31.7 Å². The van der Waals surface area contributed by atoms with Crippen molar-refractivity contribution >= 4 is 46.4 Å². The Morgan fingerprint density at radius 1 is 0.941 bits per heavy atom. The van der Waals surface area contributed by atoms with Crippen LogP contribution in [-0.4, -0.2) is 0 Å². The molecule has 0 radical (unpaired) electrons. The predicted molar refractivity (Wildman–Crippen MR) is 77.5 cm³/mol. The van der Waals surface area contributed by atoms with Gasteiger partial charge in [0.15, 0.2) is 0 Å². The lowest BCUT2D eigenvalue weighted by molar-refractivity contribution is 0.974. The highest BCUT2D eigenvalue weighted by Crippen LogP contribution is 2.37. The Bertz CT molecular complexity index is 428. The van der Waals surface area contributed by atoms with Crippen molar-refractivity contribution in [1.29, 1.82) is 0 Å². The molecule has 0 aromatic heterocycles. The number of rotatable bonds is 3. The van der Waals surface area contributed by atoms with Crippen LogP contribution >= 0.6 is 46.4 Å². The molecule has 0 N–H and O–H groups in total. The van der Waals surface area contributed by atoms with Gasteiger partial charge in [0.25, 0.3) is 0 Å². The zero-order valence-corrected chi connectivity index (χ0v) is 12.4. The molecular formula is C13H12Cl4. The third-order valence-electron chi connectivity index (χ3n) is 2.20. The van der Waals surface area contributed by atoms with Gasteiger partial charge in [-0.2, -0.15) is 0 Å². The molecule has 0 nitrogen and oxygen atoms in total. The molecule has 1 aromatic carbocycles. The van der Waals surface area contributed by atoms with Gasteiger partial charge in [0.2, 0.25) is 0 Å². The fourth-order valence-corrected chi connectivity index (χ4v) is 2.37. The minimum Gasteiger partial charge on any atom is -0.103 e. The first-order valence-electron chi connectivity index (χ1n) is 5.35. The number of hydrogen-bond acceptors (Lipinski definition) is 0. The van der Waals surface area contributed by atoms with E-state index in [1.807, 2.05) is 0 Å². The molecular weight excluding hydrogens is 298 g/mol. The van der Waals surface area contributed by atoms with E-state index in [1.54, 1.807) is 6.07 Å². The van der Waals surface area contributed by atoms with E-state index in [0.717, 1.165) is 18.4 Å². The highest BCUT2D eigenvalue weighted by Gasteiger charge is 2.12. The van der Waals surface area contributed by atoms with Crippen molar-refractivity contribution in [3.05, 3.63) is 31.7 Å². The summed E-state index contributed by atoms with van der Waals surface area (Å²) in [7, 11) is 0. The van der Waals surface area contributed by atoms with Crippen molar-refractivity contribution < 1.29 is 0 Å². The second kappa shape index (κ2) is 7.39. The minimum absolute atomic E-state index is 0.428. The maximum absolute atomic E-state index is 6.09. The fraction of sp³-hybridized carbons (Fsp3) is 0.385. The molecule has 0 heterocycles. The molecule has 0 fully saturated rings. The Kier molecular flexibility index (Phi) is 6.52. The number of hydrogen-bond donors (Lipinski definition) is 0. The second-order valence-electron chi connectivity index (χ2n) is 3.55. The monoisotopic (exact) mass is 308 g/mol. The van der Waals surface area contributed by atoms with Crippen molar-refractivity contribution in [1.82, 2.24) is 0 Å². The van der Waals surface area contributed by atoms with E-state index in [4.69, 9.17) is 46.4 Å². The molecule has 0 amide bonds. The van der Waals surface area contributed by atoms with Crippen molar-refractivity contribution in [2.24, 2.45) is 0 Å². The van der Waals surface area contributed by atoms with Crippen LogP contribution in [0.3, 0.4) is 0 Å². The minimum atomic E-state index is 0.428. The summed E-state index contributed by atoms with van der Waals surface area (Å²) in [6.07, 6.45) is 3.35. The van der Waals surface area contributed by atoms with Gasteiger partial charge in [-0.3, -0.25) is 0 Å². The van der Waals surface area contributed by atoms with E-state index in [0.29, 0.717) is 32.9 Å². The maximum Gasteiger partial charge on any atom is 0.0640 e. The van der Waals surface area contributed by atoms with Crippen LogP contribution in [0, 0.1) is 11.8 Å². The highest BCUT2D eigenvalue weighted by atomic mass is 35.5. The molecule has 1 aromatic rings. The lowest BCUT2D eigenvalue weighted by atomic mass is 10.1. The quantitative estimate of drug-likeness (QED) is 0.472. The molecule has 0 saturated carbocycles. The van der Waals surface area contributed by atoms with Crippen LogP contribution in [0.15, 0.2) is 6.07 Å². The van der Waals surface area contributed by atoms with Crippen LogP contribution in [0.2, 0.25) is 20.1 Å². The van der Waals surface area contributed by atoms with Gasteiger partial charge in [-0.1, -0.05) is 53.3 Å². The summed E-state index contributed by atoms with van der Waals surface area (Å²) in [5.74, 6) is 6.15. The molecule has 0 saturated heterocycles. The Morgan fingerprint density at radius 2 is 1.47 bits per heavy atom. The molecule has 0 aliphatic rings. The summed E-state index contributed by atoms with van der Waals surface area (Å²) in [6, 6.07) is 1.56. The van der Waals surface area contributed by atoms with E-state index in [9.17, 15) is 0 Å². The summed E-state index contributed by atoms with van der Waals surface area (Å²) in [4.78, 5) is 0. The number of benzene rings is 1. The Balaban J connectivity index is 2.81. The zero-order chi connectivity index (χ0) is 12.8. The Labute approximate surface area is 122 Å². The van der Waals surface area contributed by atoms with E-state index in [1.165, 1.54) is 0 Å². The lowest BCUT2D eigenvalue weighted by Crippen LogP contribution is -1.90. The van der Waals surface area contributed by atoms with Gasteiger partial charge in [-0.25, -0.2) is 0 Å². The summed E-state index contributed by atoms with van der Waals surface area (Å²) in [5.41, 5.74) is 0.775. The van der Waals surface area contributed by atoms with Crippen molar-refractivity contribution in [3.8, 4) is 11.8 Å². The average molecular weight is 310 g/mol. The zero-order valence-electron chi connectivity index (χ0n) is 9.42. The summed E-state index contributed by atoms with van der Waals surface area (Å²) in [6.45, 7) is 2.10. The van der Waals surface area contributed by atoms with Crippen LogP contribution in [0.5, 0.6) is 0 Å². The molecule has 1 rings (SSSR count). The third kappa shape index (κ3) is 4.27. The fourth-order valence-electron chi connectivity index (χ4n) is 1.33. The van der Waals surface area contributed by atoms with Crippen LogP contribution in [-0.2, 0) is 6.42 Å².